The van der Waals surface area contributed by atoms with Gasteiger partial charge in [0.1, 0.15) is 11.6 Å². The van der Waals surface area contributed by atoms with Crippen molar-refractivity contribution in [2.75, 3.05) is 13.1 Å². The summed E-state index contributed by atoms with van der Waals surface area (Å²) in [5.74, 6) is 1.69. The van der Waals surface area contributed by atoms with E-state index in [1.54, 1.807) is 12.9 Å². The van der Waals surface area contributed by atoms with E-state index in [2.05, 4.69) is 5.32 Å². The van der Waals surface area contributed by atoms with E-state index in [0.29, 0.717) is 18.8 Å². The molecule has 0 aromatic carbocycles. The molecule has 0 radical (unpaired) electrons. The van der Waals surface area contributed by atoms with E-state index in [9.17, 15) is 9.59 Å². The summed E-state index contributed by atoms with van der Waals surface area (Å²) in [6.07, 6.45) is -1.00. The first-order chi connectivity index (χ1) is 5.66. The number of nitrogens with one attached hydrogen (secondary N) is 1. The minimum Gasteiger partial charge on any atom is -0.465 e. The van der Waals surface area contributed by atoms with Crippen LogP contribution in [0.25, 0.3) is 0 Å². The maximum atomic E-state index is 10.6. The zero-order valence-electron chi connectivity index (χ0n) is 6.70. The van der Waals surface area contributed by atoms with Crippen molar-refractivity contribution in [1.82, 2.24) is 10.2 Å². The lowest BCUT2D eigenvalue weighted by Crippen LogP contribution is -2.50. The Balaban J connectivity index is 2.79. The molecule has 0 unspecified atom stereocenters. The van der Waals surface area contributed by atoms with Crippen molar-refractivity contribution in [3.63, 3.8) is 0 Å². The molecule has 1 heterocycles. The van der Waals surface area contributed by atoms with Gasteiger partial charge in [-0.3, -0.25) is 4.90 Å². The Labute approximate surface area is 69.7 Å². The SMILES string of the molecule is C[C@@H]1C(=C=O)NCCN1C(=O)O. The molecule has 5 nitrogen and oxygen atoms in total. The summed E-state index contributed by atoms with van der Waals surface area (Å²) >= 11 is 0. The predicted octanol–water partition coefficient (Wildman–Crippen LogP) is -0.326. The van der Waals surface area contributed by atoms with Crippen LogP contribution in [0.2, 0.25) is 0 Å². The van der Waals surface area contributed by atoms with Crippen molar-refractivity contribution in [2.24, 2.45) is 0 Å². The highest BCUT2D eigenvalue weighted by Crippen LogP contribution is 2.09. The first-order valence-corrected chi connectivity index (χ1v) is 3.65. The lowest BCUT2D eigenvalue weighted by atomic mass is 10.2. The molecule has 1 aliphatic heterocycles. The fraction of sp³-hybridized carbons (Fsp3) is 0.571. The van der Waals surface area contributed by atoms with Gasteiger partial charge in [-0.1, -0.05) is 0 Å². The van der Waals surface area contributed by atoms with Crippen molar-refractivity contribution in [3.05, 3.63) is 5.70 Å². The van der Waals surface area contributed by atoms with E-state index >= 15 is 0 Å². The van der Waals surface area contributed by atoms with Gasteiger partial charge >= 0.3 is 6.09 Å². The molecule has 0 aromatic heterocycles. The molecule has 0 bridgehead atoms. The van der Waals surface area contributed by atoms with Gasteiger partial charge in [-0.15, -0.1) is 0 Å². The molecule has 1 aliphatic rings. The number of carbonyl (C=O) groups excluding carboxylic acids is 1. The highest BCUT2D eigenvalue weighted by atomic mass is 16.4. The van der Waals surface area contributed by atoms with Crippen LogP contribution in [0.3, 0.4) is 0 Å². The minimum atomic E-state index is -1.00. The molecule has 0 spiro atoms. The van der Waals surface area contributed by atoms with Crippen molar-refractivity contribution >= 4 is 12.0 Å². The third kappa shape index (κ3) is 1.40. The average Bonchev–Trinajstić information content (AvgIpc) is 2.04. The molecule has 0 aromatic rings. The summed E-state index contributed by atoms with van der Waals surface area (Å²) in [7, 11) is 0. The second-order valence-corrected chi connectivity index (χ2v) is 2.59. The molecule has 2 N–H and O–H groups in total. The lowest BCUT2D eigenvalue weighted by Gasteiger charge is -2.32. The normalized spacial score (nSPS) is 22.9. The Kier molecular flexibility index (Phi) is 2.35. The van der Waals surface area contributed by atoms with Crippen LogP contribution in [0.4, 0.5) is 4.79 Å². The quantitative estimate of drug-likeness (QED) is 0.488. The van der Waals surface area contributed by atoms with Gasteiger partial charge in [-0.05, 0) is 6.92 Å². The second kappa shape index (κ2) is 3.28. The maximum Gasteiger partial charge on any atom is 0.407 e. The zero-order chi connectivity index (χ0) is 9.14. The summed E-state index contributed by atoms with van der Waals surface area (Å²) in [5, 5.41) is 11.5. The highest BCUT2D eigenvalue weighted by Gasteiger charge is 2.26. The minimum absolute atomic E-state index is 0.309. The fourth-order valence-electron chi connectivity index (χ4n) is 1.19. The van der Waals surface area contributed by atoms with Gasteiger partial charge in [0.15, 0.2) is 0 Å². The third-order valence-electron chi connectivity index (χ3n) is 1.91. The maximum absolute atomic E-state index is 10.6. The number of piperazine rings is 1. The molecule has 1 fully saturated rings. The Morgan fingerprint density at radius 3 is 3.00 bits per heavy atom. The molecule has 0 saturated carbocycles. The Morgan fingerprint density at radius 2 is 2.50 bits per heavy atom. The van der Waals surface area contributed by atoms with Crippen molar-refractivity contribution in [1.29, 1.82) is 0 Å². The van der Waals surface area contributed by atoms with Gasteiger partial charge in [0.05, 0.1) is 6.04 Å². The Bertz CT molecular complexity index is 245. The molecule has 66 valence electrons. The van der Waals surface area contributed by atoms with Crippen LogP contribution in [0.5, 0.6) is 0 Å². The van der Waals surface area contributed by atoms with Gasteiger partial charge < -0.3 is 10.4 Å². The number of rotatable bonds is 0. The second-order valence-electron chi connectivity index (χ2n) is 2.59. The smallest absolute Gasteiger partial charge is 0.407 e. The molecular weight excluding hydrogens is 160 g/mol. The van der Waals surface area contributed by atoms with E-state index in [1.807, 2.05) is 0 Å². The van der Waals surface area contributed by atoms with E-state index in [0.717, 1.165) is 0 Å². The predicted molar refractivity (Wildman–Crippen MR) is 41.4 cm³/mol. The first kappa shape index (κ1) is 8.62. The average molecular weight is 170 g/mol. The number of nitrogens with zero attached hydrogens (tertiary/aromatic N) is 1. The van der Waals surface area contributed by atoms with E-state index in [1.165, 1.54) is 4.90 Å². The molecule has 1 rings (SSSR count). The van der Waals surface area contributed by atoms with Crippen LogP contribution >= 0.6 is 0 Å². The molecule has 1 saturated heterocycles. The molecular formula is C7H10N2O3. The summed E-state index contributed by atoms with van der Waals surface area (Å²) in [4.78, 5) is 22.1. The first-order valence-electron chi connectivity index (χ1n) is 3.65. The van der Waals surface area contributed by atoms with Crippen LogP contribution in [0.15, 0.2) is 5.70 Å². The number of carbonyl (C=O) groups is 1. The van der Waals surface area contributed by atoms with Crippen molar-refractivity contribution < 1.29 is 14.7 Å². The van der Waals surface area contributed by atoms with Gasteiger partial charge in [-0.2, -0.15) is 0 Å². The summed E-state index contributed by atoms with van der Waals surface area (Å²) in [6, 6.07) is -0.409. The monoisotopic (exact) mass is 170 g/mol. The van der Waals surface area contributed by atoms with E-state index < -0.39 is 12.1 Å². The molecule has 1 amide bonds. The lowest BCUT2D eigenvalue weighted by molar-refractivity contribution is 0.127. The molecule has 0 aliphatic carbocycles. The number of hydrogen-bond donors (Lipinski definition) is 2. The standard InChI is InChI=1S/C7H10N2O3/c1-5-6(4-10)8-2-3-9(5)7(11)12/h5,8H,2-3H2,1H3,(H,11,12)/t5-/m1/s1. The van der Waals surface area contributed by atoms with Gasteiger partial charge in [-0.25, -0.2) is 9.59 Å². The van der Waals surface area contributed by atoms with E-state index in [-0.39, 0.29) is 0 Å². The largest absolute Gasteiger partial charge is 0.465 e. The topological polar surface area (TPSA) is 69.6 Å². The van der Waals surface area contributed by atoms with Crippen LogP contribution in [-0.4, -0.2) is 41.2 Å². The summed E-state index contributed by atoms with van der Waals surface area (Å²) in [5.41, 5.74) is 0.309. The number of carboxylic acid groups (broad SMARTS) is 1. The van der Waals surface area contributed by atoms with Crippen LogP contribution in [0, 0.1) is 0 Å². The Morgan fingerprint density at radius 1 is 1.83 bits per heavy atom. The number of hydrogen-bond acceptors (Lipinski definition) is 3. The Hall–Kier alpha value is -1.48. The fourth-order valence-corrected chi connectivity index (χ4v) is 1.19. The third-order valence-corrected chi connectivity index (χ3v) is 1.91. The highest BCUT2D eigenvalue weighted by molar-refractivity contribution is 5.68. The van der Waals surface area contributed by atoms with Gasteiger partial charge in [0.2, 0.25) is 0 Å². The zero-order valence-corrected chi connectivity index (χ0v) is 6.70. The summed E-state index contributed by atoms with van der Waals surface area (Å²) in [6.45, 7) is 2.53. The van der Waals surface area contributed by atoms with Crippen molar-refractivity contribution in [2.45, 2.75) is 13.0 Å². The van der Waals surface area contributed by atoms with Crippen LogP contribution in [0.1, 0.15) is 6.92 Å². The van der Waals surface area contributed by atoms with Crippen molar-refractivity contribution in [3.8, 4) is 0 Å². The number of amides is 1. The van der Waals surface area contributed by atoms with Crippen LogP contribution in [-0.2, 0) is 4.79 Å². The molecule has 5 heteroatoms. The van der Waals surface area contributed by atoms with Crippen LogP contribution < -0.4 is 5.32 Å². The molecule has 12 heavy (non-hydrogen) atoms. The summed E-state index contributed by atoms with van der Waals surface area (Å²) < 4.78 is 0. The van der Waals surface area contributed by atoms with E-state index in [4.69, 9.17) is 5.11 Å². The van der Waals surface area contributed by atoms with Gasteiger partial charge in [0.25, 0.3) is 0 Å². The molecule has 1 atom stereocenters. The van der Waals surface area contributed by atoms with Gasteiger partial charge in [0, 0.05) is 13.1 Å².